The van der Waals surface area contributed by atoms with Crippen molar-refractivity contribution < 1.29 is 14.3 Å². The number of aromatic hydroxyl groups is 1. The van der Waals surface area contributed by atoms with Crippen LogP contribution < -0.4 is 10.6 Å². The Hall–Kier alpha value is -3.71. The summed E-state index contributed by atoms with van der Waals surface area (Å²) in [6.45, 7) is 2.05. The van der Waals surface area contributed by atoms with Gasteiger partial charge in [-0.2, -0.15) is 0 Å². The lowest BCUT2D eigenvalue weighted by molar-refractivity contribution is 0.0977. The first-order valence-electron chi connectivity index (χ1n) is 9.43. The molecule has 30 heavy (non-hydrogen) atoms. The van der Waals surface area contributed by atoms with Gasteiger partial charge in [0.25, 0.3) is 5.91 Å². The highest BCUT2D eigenvalue weighted by atomic mass is 32.1. The van der Waals surface area contributed by atoms with Crippen molar-refractivity contribution >= 4 is 40.0 Å². The number of nitrogens with one attached hydrogen (secondary N) is 2. The fourth-order valence-corrected chi connectivity index (χ4v) is 3.22. The summed E-state index contributed by atoms with van der Waals surface area (Å²) in [6, 6.07) is 19.6. The van der Waals surface area contributed by atoms with Gasteiger partial charge in [0.1, 0.15) is 11.3 Å². The number of phenolic OH excluding ortho intramolecular Hbond substituents is 1. The quantitative estimate of drug-likeness (QED) is 0.410. The number of carbonyl (C=O) groups excluding carboxylic acids is 1. The number of carbonyl (C=O) groups is 1. The first kappa shape index (κ1) is 19.6. The van der Waals surface area contributed by atoms with E-state index in [1.807, 2.05) is 36.4 Å². The standard InChI is InChI=1S/C23H19N3O3S/c1-2-14-7-9-15(10-8-14)21(28)26-23(30)24-16-11-12-17(19(27)13-16)22-25-18-5-3-4-6-20(18)29-22/h3-13,27H,2H2,1H3,(H2,24,26,28,30). The minimum atomic E-state index is -0.303. The molecule has 0 unspecified atom stereocenters. The summed E-state index contributed by atoms with van der Waals surface area (Å²) >= 11 is 5.22. The highest BCUT2D eigenvalue weighted by Gasteiger charge is 2.14. The molecule has 0 spiro atoms. The van der Waals surface area contributed by atoms with E-state index in [9.17, 15) is 9.90 Å². The summed E-state index contributed by atoms with van der Waals surface area (Å²) in [4.78, 5) is 16.7. The fourth-order valence-electron chi connectivity index (χ4n) is 3.01. The molecule has 0 saturated heterocycles. The molecule has 0 bridgehead atoms. The van der Waals surface area contributed by atoms with E-state index in [1.165, 1.54) is 6.07 Å². The van der Waals surface area contributed by atoms with Crippen LogP contribution >= 0.6 is 12.2 Å². The molecule has 0 aliphatic carbocycles. The number of hydrogen-bond acceptors (Lipinski definition) is 5. The zero-order chi connectivity index (χ0) is 21.1. The molecular formula is C23H19N3O3S. The minimum Gasteiger partial charge on any atom is -0.507 e. The summed E-state index contributed by atoms with van der Waals surface area (Å²) in [7, 11) is 0. The van der Waals surface area contributed by atoms with Gasteiger partial charge in [-0.05, 0) is 60.6 Å². The molecule has 3 N–H and O–H groups in total. The predicted octanol–water partition coefficient (Wildman–Crippen LogP) is 4.89. The van der Waals surface area contributed by atoms with Gasteiger partial charge < -0.3 is 14.8 Å². The van der Waals surface area contributed by atoms with E-state index in [0.29, 0.717) is 33.8 Å². The molecule has 4 aromatic rings. The Balaban J connectivity index is 1.44. The number of hydrogen-bond donors (Lipinski definition) is 3. The Labute approximate surface area is 178 Å². The van der Waals surface area contributed by atoms with Crippen molar-refractivity contribution in [1.82, 2.24) is 10.3 Å². The van der Waals surface area contributed by atoms with Crippen molar-refractivity contribution in [1.29, 1.82) is 0 Å². The molecule has 1 amide bonds. The van der Waals surface area contributed by atoms with Crippen LogP contribution in [0.5, 0.6) is 5.75 Å². The number of aromatic nitrogens is 1. The maximum atomic E-state index is 12.3. The van der Waals surface area contributed by atoms with Crippen molar-refractivity contribution in [2.24, 2.45) is 0 Å². The van der Waals surface area contributed by atoms with Gasteiger partial charge in [0.05, 0.1) is 5.56 Å². The third-order valence-corrected chi connectivity index (χ3v) is 4.84. The molecule has 0 aliphatic heterocycles. The van der Waals surface area contributed by atoms with Crippen molar-refractivity contribution in [3.63, 3.8) is 0 Å². The second-order valence-corrected chi connectivity index (χ2v) is 7.09. The van der Waals surface area contributed by atoms with E-state index in [1.54, 1.807) is 24.3 Å². The van der Waals surface area contributed by atoms with Gasteiger partial charge in [0, 0.05) is 17.3 Å². The molecule has 0 saturated carbocycles. The Bertz CT molecular complexity index is 1200. The van der Waals surface area contributed by atoms with Crippen LogP contribution in [-0.4, -0.2) is 21.1 Å². The Kier molecular flexibility index (Phi) is 5.45. The number of anilines is 1. The molecule has 1 heterocycles. The van der Waals surface area contributed by atoms with Crippen LogP contribution in [0.3, 0.4) is 0 Å². The second kappa shape index (κ2) is 8.34. The molecule has 6 nitrogen and oxygen atoms in total. The maximum Gasteiger partial charge on any atom is 0.257 e. The molecule has 150 valence electrons. The second-order valence-electron chi connectivity index (χ2n) is 6.68. The van der Waals surface area contributed by atoms with Crippen molar-refractivity contribution in [2.75, 3.05) is 5.32 Å². The summed E-state index contributed by atoms with van der Waals surface area (Å²) < 4.78 is 5.70. The predicted molar refractivity (Wildman–Crippen MR) is 121 cm³/mol. The van der Waals surface area contributed by atoms with Crippen LogP contribution in [0, 0.1) is 0 Å². The normalized spacial score (nSPS) is 10.7. The van der Waals surface area contributed by atoms with Gasteiger partial charge in [-0.1, -0.05) is 31.2 Å². The lowest BCUT2D eigenvalue weighted by atomic mass is 10.1. The number of fused-ring (bicyclic) bond motifs is 1. The SMILES string of the molecule is CCc1ccc(C(=O)NC(=S)Nc2ccc(-c3nc4ccccc4o3)c(O)c2)cc1. The van der Waals surface area contributed by atoms with Gasteiger partial charge in [0.2, 0.25) is 5.89 Å². The number of amides is 1. The molecule has 0 radical (unpaired) electrons. The smallest absolute Gasteiger partial charge is 0.257 e. The Morgan fingerprint density at radius 3 is 2.57 bits per heavy atom. The lowest BCUT2D eigenvalue weighted by Crippen LogP contribution is -2.34. The van der Waals surface area contributed by atoms with Crippen LogP contribution in [0.2, 0.25) is 0 Å². The van der Waals surface area contributed by atoms with E-state index in [2.05, 4.69) is 22.5 Å². The summed E-state index contributed by atoms with van der Waals surface area (Å²) in [5.41, 5.74) is 4.02. The van der Waals surface area contributed by atoms with Crippen molar-refractivity contribution in [3.8, 4) is 17.2 Å². The van der Waals surface area contributed by atoms with Crippen LogP contribution in [0.25, 0.3) is 22.6 Å². The average molecular weight is 417 g/mol. The number of oxazole rings is 1. The van der Waals surface area contributed by atoms with E-state index >= 15 is 0 Å². The summed E-state index contributed by atoms with van der Waals surface area (Å²) in [5.74, 6) is 0.00460. The number of benzene rings is 3. The van der Waals surface area contributed by atoms with Crippen LogP contribution in [-0.2, 0) is 6.42 Å². The molecule has 0 atom stereocenters. The Morgan fingerprint density at radius 1 is 1.10 bits per heavy atom. The monoisotopic (exact) mass is 417 g/mol. The van der Waals surface area contributed by atoms with E-state index in [-0.39, 0.29) is 16.8 Å². The van der Waals surface area contributed by atoms with Gasteiger partial charge in [-0.15, -0.1) is 0 Å². The topological polar surface area (TPSA) is 87.4 Å². The third-order valence-electron chi connectivity index (χ3n) is 4.63. The molecule has 4 rings (SSSR count). The number of para-hydroxylation sites is 2. The largest absolute Gasteiger partial charge is 0.507 e. The van der Waals surface area contributed by atoms with Crippen LogP contribution in [0.15, 0.2) is 71.1 Å². The lowest BCUT2D eigenvalue weighted by Gasteiger charge is -2.11. The van der Waals surface area contributed by atoms with Crippen molar-refractivity contribution in [2.45, 2.75) is 13.3 Å². The van der Waals surface area contributed by atoms with Crippen molar-refractivity contribution in [3.05, 3.63) is 77.9 Å². The minimum absolute atomic E-state index is 0.0177. The van der Waals surface area contributed by atoms with Gasteiger partial charge in [-0.3, -0.25) is 10.1 Å². The molecule has 1 aromatic heterocycles. The molecular weight excluding hydrogens is 398 g/mol. The highest BCUT2D eigenvalue weighted by Crippen LogP contribution is 2.33. The molecule has 0 aliphatic rings. The maximum absolute atomic E-state index is 12.3. The third kappa shape index (κ3) is 4.16. The van der Waals surface area contributed by atoms with Gasteiger partial charge in [0.15, 0.2) is 10.7 Å². The zero-order valence-corrected chi connectivity index (χ0v) is 17.0. The zero-order valence-electron chi connectivity index (χ0n) is 16.2. The molecule has 3 aromatic carbocycles. The van der Waals surface area contributed by atoms with E-state index in [4.69, 9.17) is 16.6 Å². The number of aryl methyl sites for hydroxylation is 1. The number of rotatable bonds is 4. The molecule has 0 fully saturated rings. The van der Waals surface area contributed by atoms with Crippen LogP contribution in [0.1, 0.15) is 22.8 Å². The summed E-state index contributed by atoms with van der Waals surface area (Å²) in [5, 5.41) is 16.1. The number of nitrogens with zero attached hydrogens (tertiary/aromatic N) is 1. The Morgan fingerprint density at radius 2 is 1.87 bits per heavy atom. The van der Waals surface area contributed by atoms with Gasteiger partial charge in [-0.25, -0.2) is 4.98 Å². The van der Waals surface area contributed by atoms with Crippen LogP contribution in [0.4, 0.5) is 5.69 Å². The van der Waals surface area contributed by atoms with E-state index in [0.717, 1.165) is 12.0 Å². The summed E-state index contributed by atoms with van der Waals surface area (Å²) in [6.07, 6.45) is 0.908. The fraction of sp³-hybridized carbons (Fsp3) is 0.0870. The average Bonchev–Trinajstić information content (AvgIpc) is 3.17. The number of phenols is 1. The first-order chi connectivity index (χ1) is 14.5. The molecule has 7 heteroatoms. The van der Waals surface area contributed by atoms with Gasteiger partial charge >= 0.3 is 0 Å². The first-order valence-corrected chi connectivity index (χ1v) is 9.84. The highest BCUT2D eigenvalue weighted by molar-refractivity contribution is 7.80. The number of thiocarbonyl (C=S) groups is 1. The van der Waals surface area contributed by atoms with E-state index < -0.39 is 0 Å².